The van der Waals surface area contributed by atoms with E-state index in [0.717, 1.165) is 50.5 Å². The van der Waals surface area contributed by atoms with E-state index in [9.17, 15) is 9.90 Å². The molecule has 1 N–H and O–H groups in total. The summed E-state index contributed by atoms with van der Waals surface area (Å²) < 4.78 is 17.9. The number of carbonyl (C=O) groups is 1. The molecule has 2 heterocycles. The summed E-state index contributed by atoms with van der Waals surface area (Å²) in [6.07, 6.45) is 1.41. The molecule has 0 radical (unpaired) electrons. The van der Waals surface area contributed by atoms with Crippen LogP contribution in [0.25, 0.3) is 32.8 Å². The number of hydrogen-bond donors (Lipinski definition) is 1. The number of hydrogen-bond acceptors (Lipinski definition) is 5. The first-order valence-corrected chi connectivity index (χ1v) is 11.7. The van der Waals surface area contributed by atoms with E-state index < -0.39 is 17.7 Å². The Balaban J connectivity index is 1.95. The molecule has 5 rings (SSSR count). The van der Waals surface area contributed by atoms with Crippen LogP contribution in [0.3, 0.4) is 0 Å². The Morgan fingerprint density at radius 1 is 1.11 bits per heavy atom. The molecule has 1 aliphatic rings. The van der Waals surface area contributed by atoms with Crippen molar-refractivity contribution in [1.82, 2.24) is 4.98 Å². The van der Waals surface area contributed by atoms with E-state index in [0.29, 0.717) is 17.9 Å². The number of aliphatic carboxylic acids is 1. The van der Waals surface area contributed by atoms with Crippen LogP contribution in [0.1, 0.15) is 43.6 Å². The van der Waals surface area contributed by atoms with Crippen molar-refractivity contribution in [3.05, 3.63) is 65.4 Å². The van der Waals surface area contributed by atoms with Gasteiger partial charge in [0.05, 0.1) is 24.8 Å². The largest absolute Gasteiger partial charge is 0.496 e. The van der Waals surface area contributed by atoms with Gasteiger partial charge in [0.15, 0.2) is 6.10 Å². The number of fused-ring (bicyclic) bond motifs is 1. The molecule has 1 aliphatic heterocycles. The fourth-order valence-electron chi connectivity index (χ4n) is 5.13. The maximum Gasteiger partial charge on any atom is 0.337 e. The average Bonchev–Trinajstić information content (AvgIpc) is 2.82. The number of aromatic nitrogens is 1. The van der Waals surface area contributed by atoms with Crippen LogP contribution in [0.2, 0.25) is 0 Å². The number of pyridine rings is 1. The Hall–Kier alpha value is -3.64. The van der Waals surface area contributed by atoms with Gasteiger partial charge in [-0.15, -0.1) is 0 Å². The molecule has 180 valence electrons. The topological polar surface area (TPSA) is 77.9 Å². The van der Waals surface area contributed by atoms with E-state index in [4.69, 9.17) is 19.2 Å². The molecule has 0 saturated carbocycles. The molecule has 0 amide bonds. The third-order valence-corrected chi connectivity index (χ3v) is 6.46. The van der Waals surface area contributed by atoms with Gasteiger partial charge >= 0.3 is 5.97 Å². The van der Waals surface area contributed by atoms with Crippen LogP contribution in [0.4, 0.5) is 0 Å². The van der Waals surface area contributed by atoms with Crippen LogP contribution in [0, 0.1) is 6.92 Å². The summed E-state index contributed by atoms with van der Waals surface area (Å²) in [6.45, 7) is 8.10. The highest BCUT2D eigenvalue weighted by atomic mass is 16.5. The number of carboxylic acids is 1. The fourth-order valence-corrected chi connectivity index (χ4v) is 5.13. The van der Waals surface area contributed by atoms with Crippen molar-refractivity contribution in [2.75, 3.05) is 13.7 Å². The lowest BCUT2D eigenvalue weighted by molar-refractivity contribution is -0.160. The number of methoxy groups -OCH3 is 1. The van der Waals surface area contributed by atoms with Crippen LogP contribution in [-0.2, 0) is 16.0 Å². The molecule has 4 aromatic rings. The van der Waals surface area contributed by atoms with Gasteiger partial charge in [-0.2, -0.15) is 0 Å². The highest BCUT2D eigenvalue weighted by molar-refractivity contribution is 6.10. The number of carboxylic acid groups (broad SMARTS) is 1. The number of benzene rings is 3. The van der Waals surface area contributed by atoms with Crippen LogP contribution < -0.4 is 9.47 Å². The third-order valence-electron chi connectivity index (χ3n) is 6.46. The minimum atomic E-state index is -1.20. The first kappa shape index (κ1) is 23.1. The number of rotatable bonds is 5. The predicted molar refractivity (Wildman–Crippen MR) is 136 cm³/mol. The normalized spacial score (nSPS) is 14.1. The zero-order chi connectivity index (χ0) is 24.9. The Labute approximate surface area is 204 Å². The van der Waals surface area contributed by atoms with Crippen molar-refractivity contribution in [1.29, 1.82) is 0 Å². The summed E-state index contributed by atoms with van der Waals surface area (Å²) in [7, 11) is 1.61. The van der Waals surface area contributed by atoms with Crippen LogP contribution >= 0.6 is 0 Å². The predicted octanol–water partition coefficient (Wildman–Crippen LogP) is 6.25. The number of ether oxygens (including phenoxy) is 3. The van der Waals surface area contributed by atoms with E-state index in [2.05, 4.69) is 0 Å². The second-order valence-corrected chi connectivity index (χ2v) is 9.84. The van der Waals surface area contributed by atoms with Gasteiger partial charge in [0, 0.05) is 34.5 Å². The van der Waals surface area contributed by atoms with Gasteiger partial charge in [-0.3, -0.25) is 4.98 Å². The quantitative estimate of drug-likeness (QED) is 0.371. The lowest BCUT2D eigenvalue weighted by Gasteiger charge is -2.30. The first-order valence-electron chi connectivity index (χ1n) is 11.7. The van der Waals surface area contributed by atoms with Gasteiger partial charge in [0.25, 0.3) is 0 Å². The molecule has 35 heavy (non-hydrogen) atoms. The van der Waals surface area contributed by atoms with Crippen molar-refractivity contribution in [2.24, 2.45) is 0 Å². The first-order chi connectivity index (χ1) is 16.7. The molecule has 1 unspecified atom stereocenters. The molecule has 0 spiro atoms. The molecule has 1 atom stereocenters. The van der Waals surface area contributed by atoms with Gasteiger partial charge in [0.1, 0.15) is 11.5 Å². The molecule has 0 fully saturated rings. The van der Waals surface area contributed by atoms with E-state index in [-0.39, 0.29) is 0 Å². The third kappa shape index (κ3) is 3.88. The summed E-state index contributed by atoms with van der Waals surface area (Å²) >= 11 is 0. The molecule has 3 aromatic carbocycles. The number of nitrogens with zero attached hydrogens (tertiary/aromatic N) is 1. The fraction of sp³-hybridized carbons (Fsp3) is 0.310. The molecule has 0 bridgehead atoms. The Morgan fingerprint density at radius 2 is 1.86 bits per heavy atom. The van der Waals surface area contributed by atoms with E-state index >= 15 is 0 Å². The van der Waals surface area contributed by atoms with Crippen molar-refractivity contribution >= 4 is 27.6 Å². The van der Waals surface area contributed by atoms with Crippen molar-refractivity contribution < 1.29 is 24.1 Å². The molecule has 0 aliphatic carbocycles. The van der Waals surface area contributed by atoms with E-state index in [1.54, 1.807) is 7.11 Å². The van der Waals surface area contributed by atoms with Crippen molar-refractivity contribution in [2.45, 2.75) is 45.8 Å². The lowest BCUT2D eigenvalue weighted by atomic mass is 9.85. The summed E-state index contributed by atoms with van der Waals surface area (Å²) in [6, 6.07) is 13.9. The molecule has 6 heteroatoms. The SMILES string of the molecule is COc1c(C)c(C(OC(C)(C)C)C(=O)O)c(-c2ccc3c4c(ccnc24)CCO3)c2ccccc12. The summed E-state index contributed by atoms with van der Waals surface area (Å²) in [4.78, 5) is 17.4. The highest BCUT2D eigenvalue weighted by Crippen LogP contribution is 2.48. The zero-order valence-corrected chi connectivity index (χ0v) is 20.6. The second kappa shape index (κ2) is 8.54. The minimum Gasteiger partial charge on any atom is -0.496 e. The summed E-state index contributed by atoms with van der Waals surface area (Å²) in [5.41, 5.74) is 4.22. The Kier molecular flexibility index (Phi) is 5.64. The van der Waals surface area contributed by atoms with E-state index in [1.165, 1.54) is 5.56 Å². The van der Waals surface area contributed by atoms with Gasteiger partial charge in [0.2, 0.25) is 0 Å². The van der Waals surface area contributed by atoms with E-state index in [1.807, 2.05) is 76.4 Å². The minimum absolute atomic E-state index is 0.571. The average molecular weight is 472 g/mol. The van der Waals surface area contributed by atoms with Gasteiger partial charge in [-0.05, 0) is 68.0 Å². The highest BCUT2D eigenvalue weighted by Gasteiger charge is 2.34. The Morgan fingerprint density at radius 3 is 2.54 bits per heavy atom. The molecule has 0 saturated heterocycles. The molecular weight excluding hydrogens is 442 g/mol. The maximum absolute atomic E-state index is 12.7. The molecule has 1 aromatic heterocycles. The van der Waals surface area contributed by atoms with Gasteiger partial charge in [-0.1, -0.05) is 24.3 Å². The summed E-state index contributed by atoms with van der Waals surface area (Å²) in [5, 5.41) is 13.1. The van der Waals surface area contributed by atoms with Gasteiger partial charge in [-0.25, -0.2) is 4.79 Å². The van der Waals surface area contributed by atoms with Crippen molar-refractivity contribution in [3.8, 4) is 22.6 Å². The van der Waals surface area contributed by atoms with Crippen LogP contribution in [0.5, 0.6) is 11.5 Å². The standard InChI is InChI=1S/C29H29NO5/c1-16-22(27(28(31)32)35-29(2,3)4)24(18-8-6-7-9-19(18)26(16)33-5)20-10-11-21-23-17(13-15-34-21)12-14-30-25(20)23/h6-12,14,27H,13,15H2,1-5H3,(H,31,32). The summed E-state index contributed by atoms with van der Waals surface area (Å²) in [5.74, 6) is 0.387. The molecular formula is C29H29NO5. The monoisotopic (exact) mass is 471 g/mol. The Bertz CT molecular complexity index is 1460. The van der Waals surface area contributed by atoms with Crippen LogP contribution in [0.15, 0.2) is 48.7 Å². The molecule has 6 nitrogen and oxygen atoms in total. The lowest BCUT2D eigenvalue weighted by Crippen LogP contribution is -2.28. The zero-order valence-electron chi connectivity index (χ0n) is 20.6. The van der Waals surface area contributed by atoms with Gasteiger partial charge < -0.3 is 19.3 Å². The second-order valence-electron chi connectivity index (χ2n) is 9.84. The van der Waals surface area contributed by atoms with Crippen LogP contribution in [-0.4, -0.2) is 35.4 Å². The smallest absolute Gasteiger partial charge is 0.337 e. The maximum atomic E-state index is 12.7. The van der Waals surface area contributed by atoms with Crippen molar-refractivity contribution in [3.63, 3.8) is 0 Å².